The van der Waals surface area contributed by atoms with E-state index in [1.807, 2.05) is 11.8 Å². The van der Waals surface area contributed by atoms with Crippen molar-refractivity contribution in [1.82, 2.24) is 4.90 Å². The SMILES string of the molecule is CCN(CCN)C(=O)C1C2CCc3ccccc3C21. The summed E-state index contributed by atoms with van der Waals surface area (Å²) < 4.78 is 0. The van der Waals surface area contributed by atoms with E-state index in [9.17, 15) is 4.79 Å². The van der Waals surface area contributed by atoms with Crippen molar-refractivity contribution in [3.63, 3.8) is 0 Å². The lowest BCUT2D eigenvalue weighted by molar-refractivity contribution is -0.132. The molecular formula is C16H22N2O. The fraction of sp³-hybridized carbons (Fsp3) is 0.562. The Labute approximate surface area is 114 Å². The van der Waals surface area contributed by atoms with Gasteiger partial charge in [0.05, 0.1) is 0 Å². The van der Waals surface area contributed by atoms with Crippen LogP contribution in [-0.4, -0.2) is 30.4 Å². The minimum absolute atomic E-state index is 0.218. The molecule has 3 atom stereocenters. The van der Waals surface area contributed by atoms with Gasteiger partial charge in [-0.3, -0.25) is 4.79 Å². The van der Waals surface area contributed by atoms with Gasteiger partial charge in [0.2, 0.25) is 5.91 Å². The maximum absolute atomic E-state index is 12.6. The third kappa shape index (κ3) is 2.06. The van der Waals surface area contributed by atoms with Gasteiger partial charge < -0.3 is 10.6 Å². The summed E-state index contributed by atoms with van der Waals surface area (Å²) in [5.41, 5.74) is 8.46. The van der Waals surface area contributed by atoms with Crippen LogP contribution < -0.4 is 5.73 Å². The van der Waals surface area contributed by atoms with E-state index in [1.54, 1.807) is 0 Å². The Hall–Kier alpha value is -1.35. The second-order valence-electron chi connectivity index (χ2n) is 5.66. The Morgan fingerprint density at radius 3 is 2.95 bits per heavy atom. The number of rotatable bonds is 4. The van der Waals surface area contributed by atoms with E-state index in [0.29, 0.717) is 30.8 Å². The molecule has 3 heteroatoms. The number of fused-ring (bicyclic) bond motifs is 3. The Morgan fingerprint density at radius 1 is 1.42 bits per heavy atom. The van der Waals surface area contributed by atoms with Crippen LogP contribution in [0.1, 0.15) is 30.4 Å². The zero-order valence-corrected chi connectivity index (χ0v) is 11.5. The van der Waals surface area contributed by atoms with Crippen molar-refractivity contribution in [2.24, 2.45) is 17.6 Å². The third-order valence-corrected chi connectivity index (χ3v) is 4.71. The maximum atomic E-state index is 12.6. The Bertz CT molecular complexity index is 485. The molecule has 1 saturated carbocycles. The molecule has 3 unspecified atom stereocenters. The highest BCUT2D eigenvalue weighted by Gasteiger charge is 2.57. The van der Waals surface area contributed by atoms with Crippen LogP contribution in [0.2, 0.25) is 0 Å². The van der Waals surface area contributed by atoms with Gasteiger partial charge in [-0.05, 0) is 42.7 Å². The van der Waals surface area contributed by atoms with E-state index in [2.05, 4.69) is 24.3 Å². The van der Waals surface area contributed by atoms with Gasteiger partial charge in [-0.1, -0.05) is 24.3 Å². The second-order valence-corrected chi connectivity index (χ2v) is 5.66. The molecule has 19 heavy (non-hydrogen) atoms. The van der Waals surface area contributed by atoms with Gasteiger partial charge in [0, 0.05) is 25.6 Å². The summed E-state index contributed by atoms with van der Waals surface area (Å²) >= 11 is 0. The van der Waals surface area contributed by atoms with Gasteiger partial charge in [0.1, 0.15) is 0 Å². The van der Waals surface area contributed by atoms with Crippen molar-refractivity contribution in [2.75, 3.05) is 19.6 Å². The number of aryl methyl sites for hydroxylation is 1. The highest BCUT2D eigenvalue weighted by molar-refractivity contribution is 5.84. The number of nitrogens with two attached hydrogens (primary N) is 1. The van der Waals surface area contributed by atoms with Gasteiger partial charge in [-0.2, -0.15) is 0 Å². The van der Waals surface area contributed by atoms with Gasteiger partial charge in [0.15, 0.2) is 0 Å². The normalized spacial score (nSPS) is 27.4. The van der Waals surface area contributed by atoms with E-state index < -0.39 is 0 Å². The van der Waals surface area contributed by atoms with E-state index in [1.165, 1.54) is 11.1 Å². The lowest BCUT2D eigenvalue weighted by Gasteiger charge is -2.20. The van der Waals surface area contributed by atoms with Crippen LogP contribution in [-0.2, 0) is 11.2 Å². The molecule has 1 aromatic carbocycles. The van der Waals surface area contributed by atoms with Crippen LogP contribution in [0.15, 0.2) is 24.3 Å². The number of hydrogen-bond donors (Lipinski definition) is 1. The first-order valence-corrected chi connectivity index (χ1v) is 7.34. The van der Waals surface area contributed by atoms with E-state index in [4.69, 9.17) is 5.73 Å². The van der Waals surface area contributed by atoms with Crippen molar-refractivity contribution in [3.8, 4) is 0 Å². The quantitative estimate of drug-likeness (QED) is 0.894. The molecule has 0 aromatic heterocycles. The summed E-state index contributed by atoms with van der Waals surface area (Å²) in [6, 6.07) is 8.62. The van der Waals surface area contributed by atoms with Crippen molar-refractivity contribution in [3.05, 3.63) is 35.4 Å². The van der Waals surface area contributed by atoms with E-state index in [0.717, 1.165) is 19.4 Å². The van der Waals surface area contributed by atoms with Crippen molar-refractivity contribution >= 4 is 5.91 Å². The summed E-state index contributed by atoms with van der Waals surface area (Å²) in [7, 11) is 0. The first-order valence-electron chi connectivity index (χ1n) is 7.34. The van der Waals surface area contributed by atoms with Gasteiger partial charge in [0.25, 0.3) is 0 Å². The number of amides is 1. The van der Waals surface area contributed by atoms with Crippen LogP contribution in [0.25, 0.3) is 0 Å². The molecular weight excluding hydrogens is 236 g/mol. The maximum Gasteiger partial charge on any atom is 0.226 e. The van der Waals surface area contributed by atoms with Crippen LogP contribution in [0.5, 0.6) is 0 Å². The summed E-state index contributed by atoms with van der Waals surface area (Å²) in [5, 5.41) is 0. The fourth-order valence-electron chi connectivity index (χ4n) is 3.69. The molecule has 0 heterocycles. The van der Waals surface area contributed by atoms with E-state index >= 15 is 0 Å². The van der Waals surface area contributed by atoms with E-state index in [-0.39, 0.29) is 5.92 Å². The molecule has 3 nitrogen and oxygen atoms in total. The predicted octanol–water partition coefficient (Wildman–Crippen LogP) is 1.77. The smallest absolute Gasteiger partial charge is 0.226 e. The molecule has 2 aliphatic rings. The second kappa shape index (κ2) is 4.97. The summed E-state index contributed by atoms with van der Waals surface area (Å²) in [6.07, 6.45) is 2.29. The monoisotopic (exact) mass is 258 g/mol. The number of carbonyl (C=O) groups excluding carboxylic acids is 1. The third-order valence-electron chi connectivity index (χ3n) is 4.71. The number of benzene rings is 1. The minimum Gasteiger partial charge on any atom is -0.341 e. The Morgan fingerprint density at radius 2 is 2.21 bits per heavy atom. The van der Waals surface area contributed by atoms with Crippen molar-refractivity contribution in [1.29, 1.82) is 0 Å². The zero-order chi connectivity index (χ0) is 13.4. The van der Waals surface area contributed by atoms with Crippen molar-refractivity contribution < 1.29 is 4.79 Å². The van der Waals surface area contributed by atoms with Gasteiger partial charge in [-0.15, -0.1) is 0 Å². The number of nitrogens with zero attached hydrogens (tertiary/aromatic N) is 1. The van der Waals surface area contributed by atoms with Crippen LogP contribution in [0, 0.1) is 11.8 Å². The first-order chi connectivity index (χ1) is 9.27. The standard InChI is InChI=1S/C16H22N2O/c1-2-18(10-9-17)16(19)15-13-8-7-11-5-3-4-6-12(11)14(13)15/h3-6,13-15H,2,7-10,17H2,1H3. The molecule has 1 fully saturated rings. The Kier molecular flexibility index (Phi) is 3.31. The average Bonchev–Trinajstić information content (AvgIpc) is 3.19. The highest BCUT2D eigenvalue weighted by atomic mass is 16.2. The molecule has 3 rings (SSSR count). The molecule has 2 N–H and O–H groups in total. The number of carbonyl (C=O) groups is 1. The zero-order valence-electron chi connectivity index (χ0n) is 11.5. The molecule has 2 aliphatic carbocycles. The molecule has 102 valence electrons. The topological polar surface area (TPSA) is 46.3 Å². The molecule has 1 aromatic rings. The molecule has 0 saturated heterocycles. The largest absolute Gasteiger partial charge is 0.341 e. The molecule has 0 aliphatic heterocycles. The minimum atomic E-state index is 0.218. The first kappa shape index (κ1) is 12.7. The molecule has 0 spiro atoms. The highest BCUT2D eigenvalue weighted by Crippen LogP contribution is 2.60. The predicted molar refractivity (Wildman–Crippen MR) is 75.8 cm³/mol. The lowest BCUT2D eigenvalue weighted by Crippen LogP contribution is -2.36. The number of hydrogen-bond acceptors (Lipinski definition) is 2. The lowest BCUT2D eigenvalue weighted by atomic mass is 9.92. The summed E-state index contributed by atoms with van der Waals surface area (Å²) in [4.78, 5) is 14.5. The van der Waals surface area contributed by atoms with Gasteiger partial charge >= 0.3 is 0 Å². The summed E-state index contributed by atoms with van der Waals surface area (Å²) in [6.45, 7) is 4.05. The average molecular weight is 258 g/mol. The Balaban J connectivity index is 1.78. The van der Waals surface area contributed by atoms with Crippen molar-refractivity contribution in [2.45, 2.75) is 25.7 Å². The molecule has 0 bridgehead atoms. The van der Waals surface area contributed by atoms with Crippen LogP contribution in [0.4, 0.5) is 0 Å². The number of likely N-dealkylation sites (N-methyl/N-ethyl adjacent to an activating group) is 1. The van der Waals surface area contributed by atoms with Crippen LogP contribution >= 0.6 is 0 Å². The molecule has 1 amide bonds. The van der Waals surface area contributed by atoms with Gasteiger partial charge in [-0.25, -0.2) is 0 Å². The van der Waals surface area contributed by atoms with Crippen LogP contribution in [0.3, 0.4) is 0 Å². The summed E-state index contributed by atoms with van der Waals surface area (Å²) in [5.74, 6) is 1.59. The molecule has 0 radical (unpaired) electrons. The fourth-order valence-corrected chi connectivity index (χ4v) is 3.69.